The molecule has 1 unspecified atom stereocenters. The van der Waals surface area contributed by atoms with E-state index in [2.05, 4.69) is 10.3 Å². The Labute approximate surface area is 115 Å². The zero-order valence-electron chi connectivity index (χ0n) is 10.8. The number of hydrogen-bond acceptors (Lipinski definition) is 5. The minimum absolute atomic E-state index is 0.0150. The van der Waals surface area contributed by atoms with Gasteiger partial charge >= 0.3 is 5.97 Å². The zero-order chi connectivity index (χ0) is 13.8. The minimum atomic E-state index is -0.850. The molecule has 0 spiro atoms. The van der Waals surface area contributed by atoms with Crippen LogP contribution in [0.3, 0.4) is 0 Å². The topological polar surface area (TPSA) is 75.4 Å². The van der Waals surface area contributed by atoms with Crippen LogP contribution in [-0.4, -0.2) is 22.1 Å². The average Bonchev–Trinajstić information content (AvgIpc) is 2.98. The largest absolute Gasteiger partial charge is 0.480 e. The van der Waals surface area contributed by atoms with Gasteiger partial charge in [0.05, 0.1) is 10.6 Å². The van der Waals surface area contributed by atoms with Crippen LogP contribution in [-0.2, 0) is 11.3 Å². The molecular weight excluding hydrogens is 264 g/mol. The first-order chi connectivity index (χ1) is 9.08. The van der Waals surface area contributed by atoms with Gasteiger partial charge in [-0.05, 0) is 17.4 Å². The molecule has 0 fully saturated rings. The number of nitrogens with zero attached hydrogens (tertiary/aromatic N) is 1. The first-order valence-corrected chi connectivity index (χ1v) is 6.90. The van der Waals surface area contributed by atoms with E-state index in [0.29, 0.717) is 18.1 Å². The number of thiophene rings is 1. The van der Waals surface area contributed by atoms with E-state index in [9.17, 15) is 4.79 Å². The van der Waals surface area contributed by atoms with Crippen molar-refractivity contribution in [1.82, 2.24) is 10.3 Å². The molecule has 5 nitrogen and oxygen atoms in total. The van der Waals surface area contributed by atoms with E-state index in [1.54, 1.807) is 17.6 Å². The molecule has 2 aromatic heterocycles. The van der Waals surface area contributed by atoms with Gasteiger partial charge in [-0.15, -0.1) is 11.3 Å². The lowest BCUT2D eigenvalue weighted by Crippen LogP contribution is -2.40. The number of aliphatic carboxylic acids is 1. The Balaban J connectivity index is 1.99. The summed E-state index contributed by atoms with van der Waals surface area (Å²) in [4.78, 5) is 16.3. The maximum atomic E-state index is 11.0. The highest BCUT2D eigenvalue weighted by atomic mass is 32.1. The average molecular weight is 280 g/mol. The molecule has 2 aromatic rings. The monoisotopic (exact) mass is 280 g/mol. The molecule has 0 aliphatic carbocycles. The molecule has 0 bridgehead atoms. The van der Waals surface area contributed by atoms with E-state index in [1.807, 2.05) is 31.4 Å². The normalized spacial score (nSPS) is 12.8. The van der Waals surface area contributed by atoms with Gasteiger partial charge in [0.25, 0.3) is 0 Å². The maximum Gasteiger partial charge on any atom is 0.320 e. The second kappa shape index (κ2) is 5.99. The fraction of sp³-hybridized carbons (Fsp3) is 0.385. The summed E-state index contributed by atoms with van der Waals surface area (Å²) < 4.78 is 5.37. The molecule has 2 N–H and O–H groups in total. The van der Waals surface area contributed by atoms with Gasteiger partial charge in [-0.3, -0.25) is 10.1 Å². The smallest absolute Gasteiger partial charge is 0.320 e. The van der Waals surface area contributed by atoms with E-state index in [0.717, 1.165) is 4.88 Å². The molecule has 2 heterocycles. The molecular formula is C13H16N2O3S. The molecule has 0 amide bonds. The summed E-state index contributed by atoms with van der Waals surface area (Å²) in [6.45, 7) is 4.11. The fourth-order valence-electron chi connectivity index (χ4n) is 1.72. The molecule has 6 heteroatoms. The first kappa shape index (κ1) is 13.8. The van der Waals surface area contributed by atoms with Crippen molar-refractivity contribution in [2.75, 3.05) is 0 Å². The highest BCUT2D eigenvalue weighted by Crippen LogP contribution is 2.23. The van der Waals surface area contributed by atoms with Crippen LogP contribution in [0.5, 0.6) is 0 Å². The van der Waals surface area contributed by atoms with Gasteiger partial charge in [-0.1, -0.05) is 19.9 Å². The number of aromatic nitrogens is 1. The molecule has 0 saturated carbocycles. The standard InChI is InChI=1S/C13H16N2O3S/c1-8(2)11(13(16)17)14-6-9-7-18-12(15-9)10-4-3-5-19-10/h3-5,7-8,11,14H,6H2,1-2H3,(H,16,17). The SMILES string of the molecule is CC(C)C(NCc1coc(-c2cccs2)n1)C(=O)O. The van der Waals surface area contributed by atoms with Crippen LogP contribution in [0.25, 0.3) is 10.8 Å². The van der Waals surface area contributed by atoms with Crippen LogP contribution in [0.15, 0.2) is 28.2 Å². The molecule has 0 aromatic carbocycles. The third-order valence-electron chi connectivity index (χ3n) is 2.72. The second-order valence-corrected chi connectivity index (χ2v) is 5.51. The van der Waals surface area contributed by atoms with E-state index in [4.69, 9.17) is 9.52 Å². The second-order valence-electron chi connectivity index (χ2n) is 4.56. The van der Waals surface area contributed by atoms with Crippen LogP contribution in [0.2, 0.25) is 0 Å². The lowest BCUT2D eigenvalue weighted by molar-refractivity contribution is -0.140. The van der Waals surface area contributed by atoms with E-state index < -0.39 is 12.0 Å². The minimum Gasteiger partial charge on any atom is -0.480 e. The van der Waals surface area contributed by atoms with Crippen LogP contribution in [0.1, 0.15) is 19.5 Å². The van der Waals surface area contributed by atoms with E-state index >= 15 is 0 Å². The number of hydrogen-bond donors (Lipinski definition) is 2. The van der Waals surface area contributed by atoms with Crippen LogP contribution in [0.4, 0.5) is 0 Å². The lowest BCUT2D eigenvalue weighted by Gasteiger charge is -2.16. The molecule has 2 rings (SSSR count). The molecule has 0 aliphatic rings. The van der Waals surface area contributed by atoms with Gasteiger partial charge in [0.1, 0.15) is 12.3 Å². The Kier molecular flexibility index (Phi) is 4.34. The molecule has 0 aliphatic heterocycles. The van der Waals surface area contributed by atoms with Gasteiger partial charge in [-0.2, -0.15) is 0 Å². The zero-order valence-corrected chi connectivity index (χ0v) is 11.6. The fourth-order valence-corrected chi connectivity index (χ4v) is 2.38. The molecule has 0 saturated heterocycles. The summed E-state index contributed by atoms with van der Waals surface area (Å²) in [5.74, 6) is -0.263. The van der Waals surface area contributed by atoms with Gasteiger partial charge in [0.2, 0.25) is 5.89 Å². The van der Waals surface area contributed by atoms with Crippen LogP contribution in [0, 0.1) is 5.92 Å². The number of nitrogens with one attached hydrogen (secondary N) is 1. The Morgan fingerprint density at radius 1 is 1.58 bits per heavy atom. The summed E-state index contributed by atoms with van der Waals surface area (Å²) in [6, 6.07) is 3.28. The van der Waals surface area contributed by atoms with Crippen molar-refractivity contribution in [2.24, 2.45) is 5.92 Å². The van der Waals surface area contributed by atoms with E-state index in [1.165, 1.54) is 0 Å². The van der Waals surface area contributed by atoms with Crippen molar-refractivity contribution < 1.29 is 14.3 Å². The summed E-state index contributed by atoms with van der Waals surface area (Å²) in [6.07, 6.45) is 1.56. The van der Waals surface area contributed by atoms with Gasteiger partial charge in [-0.25, -0.2) is 4.98 Å². The van der Waals surface area contributed by atoms with Crippen molar-refractivity contribution in [2.45, 2.75) is 26.4 Å². The third kappa shape index (κ3) is 3.42. The van der Waals surface area contributed by atoms with Crippen molar-refractivity contribution in [3.05, 3.63) is 29.5 Å². The number of oxazole rings is 1. The van der Waals surface area contributed by atoms with Gasteiger partial charge in [0, 0.05) is 6.54 Å². The third-order valence-corrected chi connectivity index (χ3v) is 3.58. The van der Waals surface area contributed by atoms with Crippen LogP contribution >= 0.6 is 11.3 Å². The highest BCUT2D eigenvalue weighted by molar-refractivity contribution is 7.13. The summed E-state index contributed by atoms with van der Waals surface area (Å²) >= 11 is 1.55. The number of carboxylic acids is 1. The van der Waals surface area contributed by atoms with Crippen molar-refractivity contribution in [3.63, 3.8) is 0 Å². The quantitative estimate of drug-likeness (QED) is 0.850. The van der Waals surface area contributed by atoms with Gasteiger partial charge < -0.3 is 9.52 Å². The Bertz CT molecular complexity index is 534. The summed E-state index contributed by atoms with van der Waals surface area (Å²) in [5.41, 5.74) is 0.704. The molecule has 102 valence electrons. The maximum absolute atomic E-state index is 11.0. The Morgan fingerprint density at radius 3 is 2.95 bits per heavy atom. The molecule has 1 atom stereocenters. The van der Waals surface area contributed by atoms with Crippen LogP contribution < -0.4 is 5.32 Å². The summed E-state index contributed by atoms with van der Waals surface area (Å²) in [7, 11) is 0. The van der Waals surface area contributed by atoms with Crippen molar-refractivity contribution in [3.8, 4) is 10.8 Å². The Morgan fingerprint density at radius 2 is 2.37 bits per heavy atom. The number of carboxylic acid groups (broad SMARTS) is 1. The number of rotatable bonds is 6. The van der Waals surface area contributed by atoms with E-state index in [-0.39, 0.29) is 5.92 Å². The lowest BCUT2D eigenvalue weighted by atomic mass is 10.1. The Hall–Kier alpha value is -1.66. The molecule has 0 radical (unpaired) electrons. The van der Waals surface area contributed by atoms with Gasteiger partial charge in [0.15, 0.2) is 0 Å². The van der Waals surface area contributed by atoms with Crippen molar-refractivity contribution >= 4 is 17.3 Å². The molecule has 19 heavy (non-hydrogen) atoms. The summed E-state index contributed by atoms with van der Waals surface area (Å²) in [5, 5.41) is 14.0. The highest BCUT2D eigenvalue weighted by Gasteiger charge is 2.21. The van der Waals surface area contributed by atoms with Crippen molar-refractivity contribution in [1.29, 1.82) is 0 Å². The number of carbonyl (C=O) groups is 1. The first-order valence-electron chi connectivity index (χ1n) is 6.02. The predicted octanol–water partition coefficient (Wildman–Crippen LogP) is 2.60. The predicted molar refractivity (Wildman–Crippen MR) is 72.9 cm³/mol.